The van der Waals surface area contributed by atoms with Crippen LogP contribution in [0.15, 0.2) is 0 Å². The van der Waals surface area contributed by atoms with Gasteiger partial charge in [0.05, 0.1) is 18.2 Å². The van der Waals surface area contributed by atoms with Crippen molar-refractivity contribution in [2.24, 2.45) is 0 Å². The Hall–Kier alpha value is -0.660. The molecule has 0 atom stereocenters. The average molecular weight is 220 g/mol. The third-order valence-corrected chi connectivity index (χ3v) is 4.07. The van der Waals surface area contributed by atoms with Gasteiger partial charge in [-0.2, -0.15) is 15.8 Å². The first-order chi connectivity index (χ1) is 5.43. The Morgan fingerprint density at radius 2 is 0.833 bits per heavy atom. The number of hydrogen-bond donors (Lipinski definition) is 0. The number of hydrogen-bond acceptors (Lipinski definition) is 3. The Morgan fingerprint density at radius 3 is 0.917 bits per heavy atom. The van der Waals surface area contributed by atoms with Gasteiger partial charge >= 0.3 is 0 Å². The topological polar surface area (TPSA) is 71.4 Å². The van der Waals surface area contributed by atoms with Gasteiger partial charge in [-0.15, -0.1) is 0 Å². The fourth-order valence-electron chi connectivity index (χ4n) is 0.916. The van der Waals surface area contributed by atoms with Crippen molar-refractivity contribution >= 4 is 34.8 Å². The molecule has 0 heterocycles. The zero-order chi connectivity index (χ0) is 9.62. The van der Waals surface area contributed by atoms with E-state index in [-0.39, 0.29) is 0 Å². The summed E-state index contributed by atoms with van der Waals surface area (Å²) in [6, 6.07) is 4.66. The van der Waals surface area contributed by atoms with Crippen LogP contribution in [0, 0.1) is 34.0 Å². The standard InChI is InChI=1S/C6Cl3N3/c7-4(1-10)5(8,2-11)6(4,9)3-12. The van der Waals surface area contributed by atoms with Crippen LogP contribution in [0.4, 0.5) is 0 Å². The molecule has 0 aromatic rings. The van der Waals surface area contributed by atoms with E-state index in [1.54, 1.807) is 18.2 Å². The van der Waals surface area contributed by atoms with Gasteiger partial charge in [-0.3, -0.25) is 0 Å². The Kier molecular flexibility index (Phi) is 1.71. The van der Waals surface area contributed by atoms with Crippen molar-refractivity contribution < 1.29 is 0 Å². The van der Waals surface area contributed by atoms with E-state index in [1.165, 1.54) is 0 Å². The summed E-state index contributed by atoms with van der Waals surface area (Å²) in [4.78, 5) is -5.44. The zero-order valence-electron chi connectivity index (χ0n) is 5.48. The van der Waals surface area contributed by atoms with E-state index in [9.17, 15) is 0 Å². The predicted octanol–water partition coefficient (Wildman–Crippen LogP) is 1.50. The monoisotopic (exact) mass is 219 g/mol. The molecular formula is C6Cl3N3. The molecular weight excluding hydrogens is 220 g/mol. The third kappa shape index (κ3) is 0.584. The quantitative estimate of drug-likeness (QED) is 0.581. The van der Waals surface area contributed by atoms with Crippen LogP contribution in [0.1, 0.15) is 0 Å². The lowest BCUT2D eigenvalue weighted by Gasteiger charge is -1.91. The Balaban J connectivity index is 3.29. The van der Waals surface area contributed by atoms with Crippen LogP contribution < -0.4 is 0 Å². The molecule has 1 rings (SSSR count). The molecule has 0 radical (unpaired) electrons. The smallest absolute Gasteiger partial charge is 0.196 e. The first-order valence-electron chi connectivity index (χ1n) is 2.74. The summed E-state index contributed by atoms with van der Waals surface area (Å²) in [6.07, 6.45) is 0. The minimum absolute atomic E-state index is 1.55. The van der Waals surface area contributed by atoms with Gasteiger partial charge in [-0.25, -0.2) is 0 Å². The molecule has 0 aliphatic heterocycles. The molecule has 0 N–H and O–H groups in total. The van der Waals surface area contributed by atoms with Gasteiger partial charge in [-0.1, -0.05) is 34.8 Å². The van der Waals surface area contributed by atoms with Gasteiger partial charge in [0, 0.05) is 0 Å². The maximum atomic E-state index is 8.55. The summed E-state index contributed by atoms with van der Waals surface area (Å²) in [5.74, 6) is 0. The molecule has 1 fully saturated rings. The van der Waals surface area contributed by atoms with E-state index >= 15 is 0 Å². The first-order valence-corrected chi connectivity index (χ1v) is 3.87. The van der Waals surface area contributed by atoms with Crippen LogP contribution in [0.25, 0.3) is 0 Å². The van der Waals surface area contributed by atoms with Crippen LogP contribution in [0.2, 0.25) is 0 Å². The van der Waals surface area contributed by atoms with Crippen LogP contribution in [-0.2, 0) is 0 Å². The van der Waals surface area contributed by atoms with Crippen LogP contribution >= 0.6 is 34.8 Å². The van der Waals surface area contributed by atoms with E-state index in [2.05, 4.69) is 0 Å². The molecule has 60 valence electrons. The molecule has 1 aliphatic carbocycles. The fourth-order valence-corrected chi connectivity index (χ4v) is 2.02. The molecule has 0 saturated heterocycles. The lowest BCUT2D eigenvalue weighted by molar-refractivity contribution is 1.08. The molecule has 0 unspecified atom stereocenters. The van der Waals surface area contributed by atoms with E-state index < -0.39 is 14.6 Å². The lowest BCUT2D eigenvalue weighted by Crippen LogP contribution is -2.08. The minimum atomic E-state index is -1.81. The second kappa shape index (κ2) is 2.18. The summed E-state index contributed by atoms with van der Waals surface area (Å²) in [6.45, 7) is 0. The Bertz CT molecular complexity index is 293. The first kappa shape index (κ1) is 9.43. The number of halogens is 3. The van der Waals surface area contributed by atoms with E-state index in [0.717, 1.165) is 0 Å². The maximum Gasteiger partial charge on any atom is 0.201 e. The molecule has 12 heavy (non-hydrogen) atoms. The zero-order valence-corrected chi connectivity index (χ0v) is 7.74. The normalized spacial score (nSPS) is 50.0. The van der Waals surface area contributed by atoms with Gasteiger partial charge in [0.2, 0.25) is 14.6 Å². The van der Waals surface area contributed by atoms with Crippen molar-refractivity contribution in [3.05, 3.63) is 0 Å². The fraction of sp³-hybridized carbons (Fsp3) is 0.500. The average Bonchev–Trinajstić information content (AvgIpc) is 2.49. The summed E-state index contributed by atoms with van der Waals surface area (Å²) in [7, 11) is 0. The Morgan fingerprint density at radius 1 is 0.667 bits per heavy atom. The largest absolute Gasteiger partial charge is 0.201 e. The van der Waals surface area contributed by atoms with Gasteiger partial charge in [0.1, 0.15) is 0 Å². The molecule has 0 bridgehead atoms. The lowest BCUT2D eigenvalue weighted by atomic mass is 10.3. The summed E-state index contributed by atoms with van der Waals surface area (Å²) in [5, 5.41) is 25.6. The third-order valence-electron chi connectivity index (χ3n) is 1.82. The van der Waals surface area contributed by atoms with Crippen molar-refractivity contribution in [1.82, 2.24) is 0 Å². The Labute approximate surface area is 83.6 Å². The molecule has 1 saturated carbocycles. The van der Waals surface area contributed by atoms with Gasteiger partial charge in [0.15, 0.2) is 0 Å². The van der Waals surface area contributed by atoms with E-state index in [4.69, 9.17) is 50.6 Å². The highest BCUT2D eigenvalue weighted by atomic mass is 35.5. The second-order valence-electron chi connectivity index (χ2n) is 2.31. The summed E-state index contributed by atoms with van der Waals surface area (Å²) < 4.78 is 0. The van der Waals surface area contributed by atoms with Gasteiger partial charge in [-0.05, 0) is 0 Å². The van der Waals surface area contributed by atoms with Crippen molar-refractivity contribution in [3.8, 4) is 18.2 Å². The van der Waals surface area contributed by atoms with Gasteiger partial charge < -0.3 is 0 Å². The number of alkyl halides is 3. The van der Waals surface area contributed by atoms with E-state index in [0.29, 0.717) is 0 Å². The summed E-state index contributed by atoms with van der Waals surface area (Å²) in [5.41, 5.74) is 0. The molecule has 6 heteroatoms. The van der Waals surface area contributed by atoms with Crippen molar-refractivity contribution in [2.75, 3.05) is 0 Å². The number of rotatable bonds is 0. The SMILES string of the molecule is N#CC1(Cl)C(Cl)(C#N)C1(Cl)C#N. The minimum Gasteiger partial charge on any atom is -0.196 e. The highest BCUT2D eigenvalue weighted by molar-refractivity contribution is 6.56. The van der Waals surface area contributed by atoms with Gasteiger partial charge in [0.25, 0.3) is 0 Å². The molecule has 0 spiro atoms. The maximum absolute atomic E-state index is 8.55. The molecule has 3 nitrogen and oxygen atoms in total. The molecule has 0 aromatic carbocycles. The van der Waals surface area contributed by atoms with E-state index in [1.807, 2.05) is 0 Å². The van der Waals surface area contributed by atoms with Crippen LogP contribution in [0.3, 0.4) is 0 Å². The second-order valence-corrected chi connectivity index (χ2v) is 4.01. The number of nitriles is 3. The van der Waals surface area contributed by atoms with Crippen LogP contribution in [-0.4, -0.2) is 14.6 Å². The molecule has 1 aliphatic rings. The van der Waals surface area contributed by atoms with Crippen molar-refractivity contribution in [2.45, 2.75) is 14.6 Å². The number of nitrogens with zero attached hydrogens (tertiary/aromatic N) is 3. The molecule has 0 aromatic heterocycles. The summed E-state index contributed by atoms with van der Waals surface area (Å²) >= 11 is 16.7. The van der Waals surface area contributed by atoms with Crippen molar-refractivity contribution in [1.29, 1.82) is 15.8 Å². The predicted molar refractivity (Wildman–Crippen MR) is 42.6 cm³/mol. The van der Waals surface area contributed by atoms with Crippen LogP contribution in [0.5, 0.6) is 0 Å². The molecule has 0 amide bonds. The highest BCUT2D eigenvalue weighted by Gasteiger charge is 2.91. The van der Waals surface area contributed by atoms with Crippen molar-refractivity contribution in [3.63, 3.8) is 0 Å². The highest BCUT2D eigenvalue weighted by Crippen LogP contribution is 2.69.